The number of nitrogens with zero attached hydrogens (tertiary/aromatic N) is 5. The Hall–Kier alpha value is -3.12. The predicted octanol–water partition coefficient (Wildman–Crippen LogP) is 4.26. The average Bonchev–Trinajstić information content (AvgIpc) is 3.52. The summed E-state index contributed by atoms with van der Waals surface area (Å²) in [7, 11) is 4.80. The molecule has 12 heteroatoms. The zero-order valence-electron chi connectivity index (χ0n) is 21.5. The summed E-state index contributed by atoms with van der Waals surface area (Å²) in [4.78, 5) is 26.2. The van der Waals surface area contributed by atoms with Crippen LogP contribution < -0.4 is 20.7 Å². The highest BCUT2D eigenvalue weighted by atomic mass is 32.1. The Labute approximate surface area is 217 Å². The second kappa shape index (κ2) is 10.7. The minimum atomic E-state index is -4.61. The van der Waals surface area contributed by atoms with Crippen molar-refractivity contribution in [2.75, 3.05) is 48.9 Å². The van der Waals surface area contributed by atoms with Crippen molar-refractivity contribution in [1.29, 1.82) is 0 Å². The number of alkyl halides is 3. The van der Waals surface area contributed by atoms with Crippen molar-refractivity contribution in [2.24, 2.45) is 7.05 Å². The van der Waals surface area contributed by atoms with Gasteiger partial charge >= 0.3 is 6.18 Å². The van der Waals surface area contributed by atoms with Gasteiger partial charge in [-0.05, 0) is 31.5 Å². The van der Waals surface area contributed by atoms with Crippen LogP contribution >= 0.6 is 11.3 Å². The maximum Gasteiger partial charge on any atom is 0.417 e. The number of nitrogens with one attached hydrogen (secondary N) is 1. The second-order valence-corrected chi connectivity index (χ2v) is 9.93. The molecule has 4 rings (SSSR count). The van der Waals surface area contributed by atoms with Gasteiger partial charge in [0, 0.05) is 63.7 Å². The molecule has 0 amide bonds. The maximum atomic E-state index is 14.0. The van der Waals surface area contributed by atoms with Gasteiger partial charge in [0.1, 0.15) is 11.5 Å². The average molecular weight is 537 g/mol. The fourth-order valence-electron chi connectivity index (χ4n) is 4.54. The van der Waals surface area contributed by atoms with E-state index in [0.717, 1.165) is 11.2 Å². The number of anilines is 3. The monoisotopic (exact) mass is 536 g/mol. The standard InChI is InChI=1S/C25H31F3N6O2S/c1-6-18-21(30-19-13-34(14-20(19)36-7-2)24-29-10-11-37-24)23(35)33(5)22(31-18)16-9-8-15(32(3)4)12-17(16)25(26,27)28/h8-12,19-20,30H,6-7,13-14H2,1-5H3/t19-,20-/m1/s1. The van der Waals surface area contributed by atoms with Crippen LogP contribution in [0.3, 0.4) is 0 Å². The molecule has 0 saturated carbocycles. The third kappa shape index (κ3) is 5.45. The molecular weight excluding hydrogens is 505 g/mol. The lowest BCUT2D eigenvalue weighted by Gasteiger charge is -2.23. The van der Waals surface area contributed by atoms with Gasteiger partial charge in [-0.25, -0.2) is 9.97 Å². The van der Waals surface area contributed by atoms with E-state index in [4.69, 9.17) is 4.74 Å². The van der Waals surface area contributed by atoms with E-state index >= 15 is 0 Å². The van der Waals surface area contributed by atoms with E-state index in [1.165, 1.54) is 29.0 Å². The summed E-state index contributed by atoms with van der Waals surface area (Å²) in [5.41, 5.74) is -0.316. The first-order chi connectivity index (χ1) is 17.5. The van der Waals surface area contributed by atoms with Crippen molar-refractivity contribution < 1.29 is 17.9 Å². The molecule has 0 unspecified atom stereocenters. The van der Waals surface area contributed by atoms with Gasteiger partial charge in [0.15, 0.2) is 5.13 Å². The number of aryl methyl sites for hydroxylation is 1. The quantitative estimate of drug-likeness (QED) is 0.461. The van der Waals surface area contributed by atoms with Crippen LogP contribution in [-0.2, 0) is 24.4 Å². The summed E-state index contributed by atoms with van der Waals surface area (Å²) in [5, 5.41) is 6.10. The number of thiazole rings is 1. The lowest BCUT2D eigenvalue weighted by molar-refractivity contribution is -0.137. The van der Waals surface area contributed by atoms with Crippen molar-refractivity contribution in [3.05, 3.63) is 51.4 Å². The van der Waals surface area contributed by atoms with Crippen molar-refractivity contribution in [2.45, 2.75) is 38.6 Å². The molecule has 3 aromatic rings. The summed E-state index contributed by atoms with van der Waals surface area (Å²) < 4.78 is 49.3. The van der Waals surface area contributed by atoms with Crippen LogP contribution in [0.15, 0.2) is 34.6 Å². The third-order valence-electron chi connectivity index (χ3n) is 6.43. The molecule has 8 nitrogen and oxygen atoms in total. The molecule has 1 fully saturated rings. The number of halogens is 3. The summed E-state index contributed by atoms with van der Waals surface area (Å²) in [6, 6.07) is 3.82. The molecule has 37 heavy (non-hydrogen) atoms. The zero-order valence-corrected chi connectivity index (χ0v) is 22.3. The number of benzene rings is 1. The molecule has 0 radical (unpaired) electrons. The molecule has 1 aromatic carbocycles. The van der Waals surface area contributed by atoms with E-state index in [1.807, 2.05) is 19.2 Å². The second-order valence-electron chi connectivity index (χ2n) is 9.06. The topological polar surface area (TPSA) is 75.5 Å². The third-order valence-corrected chi connectivity index (χ3v) is 7.27. The highest BCUT2D eigenvalue weighted by Crippen LogP contribution is 2.38. The van der Waals surface area contributed by atoms with Crippen LogP contribution in [0.1, 0.15) is 25.1 Å². The largest absolute Gasteiger partial charge is 0.417 e. The number of hydrogen-bond acceptors (Lipinski definition) is 8. The van der Waals surface area contributed by atoms with Crippen molar-refractivity contribution in [3.63, 3.8) is 0 Å². The SMILES string of the molecule is CCO[C@@H]1CN(c2nccs2)C[C@H]1Nc1c(CC)nc(-c2ccc(N(C)C)cc2C(F)(F)F)n(C)c1=O. The lowest BCUT2D eigenvalue weighted by Crippen LogP contribution is -2.38. The maximum absolute atomic E-state index is 14.0. The highest BCUT2D eigenvalue weighted by Gasteiger charge is 2.37. The van der Waals surface area contributed by atoms with Gasteiger partial charge in [-0.15, -0.1) is 11.3 Å². The molecule has 200 valence electrons. The lowest BCUT2D eigenvalue weighted by atomic mass is 10.0. The Morgan fingerprint density at radius 1 is 1.24 bits per heavy atom. The Morgan fingerprint density at radius 3 is 2.59 bits per heavy atom. The molecule has 0 aliphatic carbocycles. The van der Waals surface area contributed by atoms with Crippen LogP contribution in [0.4, 0.5) is 29.7 Å². The molecular formula is C25H31F3N6O2S. The molecule has 1 aliphatic heterocycles. The molecule has 1 N–H and O–H groups in total. The van der Waals surface area contributed by atoms with Crippen LogP contribution in [-0.4, -0.2) is 60.5 Å². The summed E-state index contributed by atoms with van der Waals surface area (Å²) >= 11 is 1.53. The smallest absolute Gasteiger partial charge is 0.378 e. The molecule has 0 spiro atoms. The first kappa shape index (κ1) is 26.9. The van der Waals surface area contributed by atoms with E-state index in [1.54, 1.807) is 31.3 Å². The minimum Gasteiger partial charge on any atom is -0.378 e. The Morgan fingerprint density at radius 2 is 2.00 bits per heavy atom. The van der Waals surface area contributed by atoms with E-state index < -0.39 is 17.3 Å². The molecule has 3 heterocycles. The Bertz CT molecular complexity index is 1290. The first-order valence-corrected chi connectivity index (χ1v) is 12.9. The van der Waals surface area contributed by atoms with Gasteiger partial charge in [0.2, 0.25) is 0 Å². The fourth-order valence-corrected chi connectivity index (χ4v) is 5.20. The number of rotatable bonds is 8. The van der Waals surface area contributed by atoms with Crippen LogP contribution in [0.25, 0.3) is 11.4 Å². The normalized spacial score (nSPS) is 17.9. The van der Waals surface area contributed by atoms with Gasteiger partial charge < -0.3 is 19.9 Å². The molecule has 0 bridgehead atoms. The number of hydrogen-bond donors (Lipinski definition) is 1. The van der Waals surface area contributed by atoms with Gasteiger partial charge in [-0.3, -0.25) is 9.36 Å². The molecule has 2 atom stereocenters. The van der Waals surface area contributed by atoms with Gasteiger partial charge in [0.25, 0.3) is 5.56 Å². The van der Waals surface area contributed by atoms with Gasteiger partial charge in [0.05, 0.1) is 23.4 Å². The van der Waals surface area contributed by atoms with Crippen molar-refractivity contribution in [3.8, 4) is 11.4 Å². The Balaban J connectivity index is 1.74. The molecule has 1 aliphatic rings. The van der Waals surface area contributed by atoms with E-state index in [0.29, 0.717) is 37.5 Å². The van der Waals surface area contributed by atoms with Crippen molar-refractivity contribution in [1.82, 2.24) is 14.5 Å². The molecule has 1 saturated heterocycles. The Kier molecular flexibility index (Phi) is 7.79. The minimum absolute atomic E-state index is 0.0257. The van der Waals surface area contributed by atoms with E-state index in [-0.39, 0.29) is 29.2 Å². The summed E-state index contributed by atoms with van der Waals surface area (Å²) in [5.74, 6) is -0.0257. The van der Waals surface area contributed by atoms with Crippen LogP contribution in [0.5, 0.6) is 0 Å². The summed E-state index contributed by atoms with van der Waals surface area (Å²) in [6.45, 7) is 5.42. The fraction of sp³-hybridized carbons (Fsp3) is 0.480. The number of aromatic nitrogens is 3. The van der Waals surface area contributed by atoms with Crippen LogP contribution in [0.2, 0.25) is 0 Å². The first-order valence-electron chi connectivity index (χ1n) is 12.1. The zero-order chi connectivity index (χ0) is 26.9. The summed E-state index contributed by atoms with van der Waals surface area (Å²) in [6.07, 6.45) is -2.70. The van der Waals surface area contributed by atoms with Crippen LogP contribution in [0, 0.1) is 0 Å². The number of ether oxygens (including phenoxy) is 1. The highest BCUT2D eigenvalue weighted by molar-refractivity contribution is 7.13. The van der Waals surface area contributed by atoms with Gasteiger partial charge in [-0.2, -0.15) is 13.2 Å². The predicted molar refractivity (Wildman–Crippen MR) is 141 cm³/mol. The van der Waals surface area contributed by atoms with Gasteiger partial charge in [-0.1, -0.05) is 6.92 Å². The van der Waals surface area contributed by atoms with Crippen molar-refractivity contribution >= 4 is 27.8 Å². The van der Waals surface area contributed by atoms with E-state index in [9.17, 15) is 18.0 Å². The molecule has 2 aromatic heterocycles. The van der Waals surface area contributed by atoms with E-state index in [2.05, 4.69) is 20.2 Å².